The van der Waals surface area contributed by atoms with Crippen LogP contribution in [0, 0.1) is 12.7 Å². The van der Waals surface area contributed by atoms with Crippen molar-refractivity contribution in [2.45, 2.75) is 26.3 Å². The summed E-state index contributed by atoms with van der Waals surface area (Å²) in [6.07, 6.45) is 0.711. The molecular weight excluding hydrogens is 227 g/mol. The molecular formula is C12H18ClFN2. The van der Waals surface area contributed by atoms with Crippen molar-refractivity contribution in [1.82, 2.24) is 5.32 Å². The molecule has 1 unspecified atom stereocenters. The van der Waals surface area contributed by atoms with Crippen LogP contribution in [-0.4, -0.2) is 19.1 Å². The van der Waals surface area contributed by atoms with E-state index in [0.717, 1.165) is 18.7 Å². The van der Waals surface area contributed by atoms with Gasteiger partial charge in [-0.1, -0.05) is 11.6 Å². The van der Waals surface area contributed by atoms with E-state index in [1.165, 1.54) is 6.07 Å². The first kappa shape index (κ1) is 13.4. The minimum absolute atomic E-state index is 0.130. The fourth-order valence-electron chi connectivity index (χ4n) is 1.43. The summed E-state index contributed by atoms with van der Waals surface area (Å²) in [6.45, 7) is 5.15. The van der Waals surface area contributed by atoms with E-state index in [1.54, 1.807) is 13.0 Å². The van der Waals surface area contributed by atoms with Crippen LogP contribution < -0.4 is 11.1 Å². The first-order chi connectivity index (χ1) is 7.50. The topological polar surface area (TPSA) is 38.0 Å². The normalized spacial score (nSPS) is 12.8. The Hall–Kier alpha value is -0.640. The highest BCUT2D eigenvalue weighted by Gasteiger charge is 2.05. The standard InChI is InChI=1S/C12H18ClFN2/c1-8-5-11(13)10(6-12(8)14)3-4-16-7-9(2)15/h5-6,9,16H,3-4,7,15H2,1-2H3. The molecule has 1 atom stereocenters. The molecule has 0 amide bonds. The van der Waals surface area contributed by atoms with Gasteiger partial charge in [-0.3, -0.25) is 0 Å². The Morgan fingerprint density at radius 2 is 2.19 bits per heavy atom. The average Bonchev–Trinajstić information content (AvgIpc) is 2.19. The van der Waals surface area contributed by atoms with E-state index >= 15 is 0 Å². The molecule has 1 rings (SSSR count). The fourth-order valence-corrected chi connectivity index (χ4v) is 1.74. The van der Waals surface area contributed by atoms with Gasteiger partial charge in [-0.15, -0.1) is 0 Å². The van der Waals surface area contributed by atoms with Gasteiger partial charge in [0.1, 0.15) is 5.82 Å². The summed E-state index contributed by atoms with van der Waals surface area (Å²) in [5.74, 6) is -0.202. The molecule has 1 aromatic carbocycles. The van der Waals surface area contributed by atoms with Gasteiger partial charge in [0.25, 0.3) is 0 Å². The van der Waals surface area contributed by atoms with E-state index in [-0.39, 0.29) is 11.9 Å². The predicted molar refractivity (Wildman–Crippen MR) is 66.4 cm³/mol. The molecule has 0 aliphatic rings. The molecule has 0 radical (unpaired) electrons. The van der Waals surface area contributed by atoms with Gasteiger partial charge in [0.2, 0.25) is 0 Å². The van der Waals surface area contributed by atoms with Crippen molar-refractivity contribution < 1.29 is 4.39 Å². The second-order valence-electron chi connectivity index (χ2n) is 4.12. The zero-order chi connectivity index (χ0) is 12.1. The van der Waals surface area contributed by atoms with Gasteiger partial charge in [-0.25, -0.2) is 4.39 Å². The molecule has 4 heteroatoms. The fraction of sp³-hybridized carbons (Fsp3) is 0.500. The smallest absolute Gasteiger partial charge is 0.126 e. The molecule has 0 aliphatic heterocycles. The number of hydrogen-bond acceptors (Lipinski definition) is 2. The van der Waals surface area contributed by atoms with E-state index < -0.39 is 0 Å². The Bertz CT molecular complexity index is 353. The first-order valence-corrected chi connectivity index (χ1v) is 5.79. The quantitative estimate of drug-likeness (QED) is 0.780. The second-order valence-corrected chi connectivity index (χ2v) is 4.53. The number of nitrogens with one attached hydrogen (secondary N) is 1. The van der Waals surface area contributed by atoms with Crippen molar-refractivity contribution in [1.29, 1.82) is 0 Å². The second kappa shape index (κ2) is 6.18. The Morgan fingerprint density at radius 3 is 2.81 bits per heavy atom. The van der Waals surface area contributed by atoms with E-state index in [0.29, 0.717) is 17.0 Å². The molecule has 1 aromatic rings. The highest BCUT2D eigenvalue weighted by Crippen LogP contribution is 2.20. The molecule has 90 valence electrons. The van der Waals surface area contributed by atoms with Gasteiger partial charge >= 0.3 is 0 Å². The summed E-state index contributed by atoms with van der Waals surface area (Å²) >= 11 is 6.02. The van der Waals surface area contributed by atoms with Gasteiger partial charge in [-0.2, -0.15) is 0 Å². The largest absolute Gasteiger partial charge is 0.327 e. The van der Waals surface area contributed by atoms with Gasteiger partial charge < -0.3 is 11.1 Å². The molecule has 0 saturated carbocycles. The Kier molecular flexibility index (Phi) is 5.19. The molecule has 0 fully saturated rings. The highest BCUT2D eigenvalue weighted by atomic mass is 35.5. The number of benzene rings is 1. The molecule has 0 spiro atoms. The molecule has 0 saturated heterocycles. The van der Waals surface area contributed by atoms with Crippen LogP contribution in [0.5, 0.6) is 0 Å². The van der Waals surface area contributed by atoms with E-state index in [9.17, 15) is 4.39 Å². The van der Waals surface area contributed by atoms with E-state index in [4.69, 9.17) is 17.3 Å². The molecule has 3 N–H and O–H groups in total. The van der Waals surface area contributed by atoms with Crippen LogP contribution in [0.2, 0.25) is 5.02 Å². The van der Waals surface area contributed by atoms with Crippen molar-refractivity contribution >= 4 is 11.6 Å². The Labute approximate surface area is 101 Å². The summed E-state index contributed by atoms with van der Waals surface area (Å²) in [5, 5.41) is 3.81. The summed E-state index contributed by atoms with van der Waals surface area (Å²) in [4.78, 5) is 0. The lowest BCUT2D eigenvalue weighted by molar-refractivity contribution is 0.600. The predicted octanol–water partition coefficient (Wildman–Crippen LogP) is 2.27. The maximum absolute atomic E-state index is 13.3. The van der Waals surface area contributed by atoms with Crippen molar-refractivity contribution in [3.05, 3.63) is 34.1 Å². The van der Waals surface area contributed by atoms with Crippen LogP contribution in [0.3, 0.4) is 0 Å². The van der Waals surface area contributed by atoms with Crippen LogP contribution in [0.4, 0.5) is 4.39 Å². The molecule has 0 bridgehead atoms. The summed E-state index contributed by atoms with van der Waals surface area (Å²) in [5.41, 5.74) is 7.01. The van der Waals surface area contributed by atoms with Crippen LogP contribution in [0.15, 0.2) is 12.1 Å². The molecule has 0 heterocycles. The summed E-state index contributed by atoms with van der Waals surface area (Å²) < 4.78 is 13.3. The molecule has 2 nitrogen and oxygen atoms in total. The average molecular weight is 245 g/mol. The van der Waals surface area contributed by atoms with Gasteiger partial charge in [-0.05, 0) is 50.1 Å². The number of aryl methyl sites for hydroxylation is 1. The maximum atomic E-state index is 13.3. The van der Waals surface area contributed by atoms with E-state index in [1.807, 2.05) is 6.92 Å². The van der Waals surface area contributed by atoms with E-state index in [2.05, 4.69) is 5.32 Å². The number of rotatable bonds is 5. The van der Waals surface area contributed by atoms with Crippen molar-refractivity contribution in [2.24, 2.45) is 5.73 Å². The van der Waals surface area contributed by atoms with Gasteiger partial charge in [0.15, 0.2) is 0 Å². The van der Waals surface area contributed by atoms with Crippen molar-refractivity contribution in [3.63, 3.8) is 0 Å². The monoisotopic (exact) mass is 244 g/mol. The SMILES string of the molecule is Cc1cc(Cl)c(CCNCC(C)N)cc1F. The molecule has 16 heavy (non-hydrogen) atoms. The van der Waals surface area contributed by atoms with Crippen molar-refractivity contribution in [3.8, 4) is 0 Å². The Balaban J connectivity index is 2.51. The number of halogens is 2. The lowest BCUT2D eigenvalue weighted by Crippen LogP contribution is -2.32. The maximum Gasteiger partial charge on any atom is 0.126 e. The zero-order valence-corrected chi connectivity index (χ0v) is 10.4. The van der Waals surface area contributed by atoms with Crippen molar-refractivity contribution in [2.75, 3.05) is 13.1 Å². The minimum Gasteiger partial charge on any atom is -0.327 e. The molecule has 0 aliphatic carbocycles. The third-order valence-corrected chi connectivity index (χ3v) is 2.72. The minimum atomic E-state index is -0.202. The number of hydrogen-bond donors (Lipinski definition) is 2. The van der Waals surface area contributed by atoms with Gasteiger partial charge in [0.05, 0.1) is 0 Å². The third-order valence-electron chi connectivity index (χ3n) is 2.37. The lowest BCUT2D eigenvalue weighted by atomic mass is 10.1. The number of nitrogens with two attached hydrogens (primary N) is 1. The van der Waals surface area contributed by atoms with Crippen LogP contribution >= 0.6 is 11.6 Å². The van der Waals surface area contributed by atoms with Crippen LogP contribution in [0.1, 0.15) is 18.1 Å². The van der Waals surface area contributed by atoms with Crippen LogP contribution in [-0.2, 0) is 6.42 Å². The third kappa shape index (κ3) is 4.08. The zero-order valence-electron chi connectivity index (χ0n) is 9.69. The lowest BCUT2D eigenvalue weighted by Gasteiger charge is -2.09. The Morgan fingerprint density at radius 1 is 1.50 bits per heavy atom. The summed E-state index contributed by atoms with van der Waals surface area (Å²) in [6, 6.07) is 3.30. The van der Waals surface area contributed by atoms with Gasteiger partial charge in [0, 0.05) is 17.6 Å². The van der Waals surface area contributed by atoms with Crippen LogP contribution in [0.25, 0.3) is 0 Å². The summed E-state index contributed by atoms with van der Waals surface area (Å²) in [7, 11) is 0. The molecule has 0 aromatic heterocycles. The highest BCUT2D eigenvalue weighted by molar-refractivity contribution is 6.31. The first-order valence-electron chi connectivity index (χ1n) is 5.41.